The number of anilines is 2. The normalized spacial score (nSPS) is 17.4. The third kappa shape index (κ3) is 5.02. The van der Waals surface area contributed by atoms with Crippen molar-refractivity contribution < 1.29 is 41.1 Å². The quantitative estimate of drug-likeness (QED) is 0.222. The fourth-order valence-corrected chi connectivity index (χ4v) is 4.90. The lowest BCUT2D eigenvalue weighted by Crippen LogP contribution is -2.37. The molecule has 228 valence electrons. The first kappa shape index (κ1) is 30.1. The fourth-order valence-electron chi connectivity index (χ4n) is 4.73. The number of halogens is 6. The summed E-state index contributed by atoms with van der Waals surface area (Å²) in [5, 5.41) is 16.7. The lowest BCUT2D eigenvalue weighted by molar-refractivity contribution is -0.285. The highest BCUT2D eigenvalue weighted by atomic mass is 35.5. The molecule has 0 spiro atoms. The Balaban J connectivity index is 1.55. The molecular formula is C26H23ClF5N7O4. The van der Waals surface area contributed by atoms with E-state index in [-0.39, 0.29) is 62.6 Å². The average Bonchev–Trinajstić information content (AvgIpc) is 3.57. The molecule has 0 saturated heterocycles. The van der Waals surface area contributed by atoms with E-state index in [1.54, 1.807) is 0 Å². The summed E-state index contributed by atoms with van der Waals surface area (Å²) in [6.07, 6.45) is -6.07. The van der Waals surface area contributed by atoms with Crippen molar-refractivity contribution in [1.82, 2.24) is 24.7 Å². The fraction of sp³-hybridized carbons (Fsp3) is 0.385. The molecule has 1 aliphatic heterocycles. The largest absolute Gasteiger partial charge is 0.481 e. The number of aromatic nitrogens is 5. The van der Waals surface area contributed by atoms with Crippen LogP contribution >= 0.6 is 11.6 Å². The number of benzene rings is 1. The second kappa shape index (κ2) is 9.86. The number of nitrogens with one attached hydrogen (secondary N) is 1. The van der Waals surface area contributed by atoms with Crippen LogP contribution < -0.4 is 11.1 Å². The number of fused-ring (bicyclic) bond motifs is 2. The minimum absolute atomic E-state index is 0.00587. The molecule has 0 bridgehead atoms. The van der Waals surface area contributed by atoms with Crippen LogP contribution in [0, 0.1) is 5.41 Å². The maximum Gasteiger partial charge on any atom is 0.453 e. The van der Waals surface area contributed by atoms with E-state index in [1.807, 2.05) is 0 Å². The van der Waals surface area contributed by atoms with Gasteiger partial charge in [0.1, 0.15) is 23.6 Å². The number of nitrogen functional groups attached to an aromatic ring is 1. The summed E-state index contributed by atoms with van der Waals surface area (Å²) in [6.45, 7) is 3.68. The molecule has 0 unspecified atom stereocenters. The van der Waals surface area contributed by atoms with Crippen molar-refractivity contribution >= 4 is 46.0 Å². The average molecular weight is 628 g/mol. The lowest BCUT2D eigenvalue weighted by atomic mass is 9.84. The molecule has 5 rings (SSSR count). The van der Waals surface area contributed by atoms with Gasteiger partial charge in [0.05, 0.1) is 22.2 Å². The predicted molar refractivity (Wildman–Crippen MR) is 143 cm³/mol. The molecule has 0 radical (unpaired) electrons. The number of hydrogen-bond donors (Lipinski definition) is 3. The topological polar surface area (TPSA) is 162 Å². The number of oxazole rings is 1. The van der Waals surface area contributed by atoms with Gasteiger partial charge in [0.25, 0.3) is 0 Å². The number of carboxylic acid groups (broad SMARTS) is 1. The van der Waals surface area contributed by atoms with Crippen LogP contribution in [0.4, 0.5) is 33.6 Å². The van der Waals surface area contributed by atoms with Gasteiger partial charge in [-0.1, -0.05) is 11.6 Å². The van der Waals surface area contributed by atoms with Gasteiger partial charge in [-0.3, -0.25) is 14.3 Å². The second-order valence-electron chi connectivity index (χ2n) is 10.9. The molecule has 4 aromatic rings. The van der Waals surface area contributed by atoms with E-state index in [4.69, 9.17) is 21.8 Å². The van der Waals surface area contributed by atoms with Gasteiger partial charge in [-0.05, 0) is 39.0 Å². The summed E-state index contributed by atoms with van der Waals surface area (Å²) in [6, 6.07) is 4.28. The lowest BCUT2D eigenvalue weighted by Gasteiger charge is -2.19. The molecule has 4 N–H and O–H groups in total. The number of nitrogens with zero attached hydrogens (tertiary/aromatic N) is 5. The number of nitrogens with two attached hydrogens (primary N) is 1. The highest BCUT2D eigenvalue weighted by Crippen LogP contribution is 2.45. The molecule has 4 heterocycles. The minimum atomic E-state index is -5.74. The zero-order chi connectivity index (χ0) is 31.7. The monoisotopic (exact) mass is 627 g/mol. The van der Waals surface area contributed by atoms with Gasteiger partial charge in [-0.25, -0.2) is 15.0 Å². The van der Waals surface area contributed by atoms with Crippen molar-refractivity contribution in [2.45, 2.75) is 57.7 Å². The summed E-state index contributed by atoms with van der Waals surface area (Å²) >= 11 is 6.06. The van der Waals surface area contributed by atoms with Crippen molar-refractivity contribution in [2.75, 3.05) is 11.1 Å². The zero-order valence-corrected chi connectivity index (χ0v) is 23.4. The van der Waals surface area contributed by atoms with E-state index in [9.17, 15) is 36.6 Å². The molecule has 0 aliphatic carbocycles. The van der Waals surface area contributed by atoms with Gasteiger partial charge in [0.2, 0.25) is 11.8 Å². The number of amides is 1. The molecule has 1 aromatic carbocycles. The first-order chi connectivity index (χ1) is 19.8. The smallest absolute Gasteiger partial charge is 0.453 e. The van der Waals surface area contributed by atoms with E-state index in [0.717, 1.165) is 4.68 Å². The second-order valence-corrected chi connectivity index (χ2v) is 11.4. The molecule has 1 amide bonds. The summed E-state index contributed by atoms with van der Waals surface area (Å²) < 4.78 is 72.2. The number of aliphatic carboxylic acids is 1. The third-order valence-corrected chi connectivity index (χ3v) is 7.52. The minimum Gasteiger partial charge on any atom is -0.481 e. The first-order valence-electron chi connectivity index (χ1n) is 12.6. The number of carbonyl (C=O) groups is 2. The van der Waals surface area contributed by atoms with Crippen LogP contribution in [0.25, 0.3) is 22.4 Å². The number of aryl methyl sites for hydroxylation is 1. The standard InChI is InChI=1S/C26H23ClF5N7O4/c1-23(2,22(41)42)9-12-10-43-21(34-12)24(3)15-17(33)35-19(36-18(15)37-20(24)40)16-13-5-4-11(27)8-14(13)39(38-16)7-6-25(28,29)26(30,31)32/h4-5,8,10H,6-7,9H2,1-3H3,(H,41,42)(H3,33,35,36,37,40)/t24-/m1/s1. The molecule has 43 heavy (non-hydrogen) atoms. The Hall–Kier alpha value is -4.34. The Morgan fingerprint density at radius 3 is 2.53 bits per heavy atom. The van der Waals surface area contributed by atoms with E-state index >= 15 is 0 Å². The van der Waals surface area contributed by atoms with Crippen LogP contribution in [0.5, 0.6) is 0 Å². The Morgan fingerprint density at radius 1 is 1.19 bits per heavy atom. The van der Waals surface area contributed by atoms with Crippen molar-refractivity contribution in [1.29, 1.82) is 0 Å². The zero-order valence-electron chi connectivity index (χ0n) is 22.7. The molecule has 0 saturated carbocycles. The number of carbonyl (C=O) groups excluding carboxylic acids is 1. The Bertz CT molecular complexity index is 1790. The first-order valence-corrected chi connectivity index (χ1v) is 13.0. The predicted octanol–water partition coefficient (Wildman–Crippen LogP) is 5.22. The van der Waals surface area contributed by atoms with Gasteiger partial charge in [0, 0.05) is 29.8 Å². The molecular weight excluding hydrogens is 605 g/mol. The van der Waals surface area contributed by atoms with Gasteiger partial charge < -0.3 is 20.6 Å². The van der Waals surface area contributed by atoms with Crippen molar-refractivity contribution in [3.63, 3.8) is 0 Å². The van der Waals surface area contributed by atoms with Crippen LogP contribution in [0.1, 0.15) is 44.3 Å². The Morgan fingerprint density at radius 2 is 1.88 bits per heavy atom. The summed E-state index contributed by atoms with van der Waals surface area (Å²) in [4.78, 5) is 37.8. The van der Waals surface area contributed by atoms with E-state index in [2.05, 4.69) is 25.4 Å². The molecule has 11 nitrogen and oxygen atoms in total. The summed E-state index contributed by atoms with van der Waals surface area (Å²) in [5.41, 5.74) is 4.07. The van der Waals surface area contributed by atoms with Crippen LogP contribution in [0.15, 0.2) is 28.9 Å². The van der Waals surface area contributed by atoms with Crippen LogP contribution in [0.3, 0.4) is 0 Å². The maximum absolute atomic E-state index is 13.7. The SMILES string of the molecule is CC(C)(Cc1coc([C@@]2(C)C(=O)Nc3nc(-c4nn(CCC(F)(F)C(F)(F)F)c5cc(Cl)ccc45)nc(N)c32)n1)C(=O)O. The molecule has 0 fully saturated rings. The summed E-state index contributed by atoms with van der Waals surface area (Å²) in [7, 11) is 0. The van der Waals surface area contributed by atoms with E-state index in [0.29, 0.717) is 0 Å². The van der Waals surface area contributed by atoms with Gasteiger partial charge in [0.15, 0.2) is 11.2 Å². The highest BCUT2D eigenvalue weighted by molar-refractivity contribution is 6.31. The molecule has 1 aliphatic rings. The van der Waals surface area contributed by atoms with Crippen LogP contribution in [0.2, 0.25) is 5.02 Å². The van der Waals surface area contributed by atoms with E-state index < -0.39 is 47.8 Å². The Labute approximate surface area is 244 Å². The third-order valence-electron chi connectivity index (χ3n) is 7.28. The van der Waals surface area contributed by atoms with E-state index in [1.165, 1.54) is 45.2 Å². The number of hydrogen-bond acceptors (Lipinski definition) is 8. The van der Waals surface area contributed by atoms with Gasteiger partial charge >= 0.3 is 18.1 Å². The molecule has 17 heteroatoms. The van der Waals surface area contributed by atoms with Crippen molar-refractivity contribution in [3.05, 3.63) is 46.6 Å². The van der Waals surface area contributed by atoms with Crippen molar-refractivity contribution in [3.8, 4) is 11.5 Å². The van der Waals surface area contributed by atoms with Gasteiger partial charge in [-0.15, -0.1) is 0 Å². The molecule has 1 atom stereocenters. The summed E-state index contributed by atoms with van der Waals surface area (Å²) in [5.74, 6) is -7.08. The number of carboxylic acids is 1. The van der Waals surface area contributed by atoms with Crippen LogP contribution in [-0.4, -0.2) is 53.8 Å². The molecule has 3 aromatic heterocycles. The van der Waals surface area contributed by atoms with Crippen molar-refractivity contribution in [2.24, 2.45) is 5.41 Å². The number of rotatable bonds is 8. The number of alkyl halides is 5. The Kier molecular flexibility index (Phi) is 6.91. The van der Waals surface area contributed by atoms with Gasteiger partial charge in [-0.2, -0.15) is 27.1 Å². The highest BCUT2D eigenvalue weighted by Gasteiger charge is 2.57. The van der Waals surface area contributed by atoms with Crippen LogP contribution in [-0.2, 0) is 28.0 Å². The maximum atomic E-state index is 13.7.